The summed E-state index contributed by atoms with van der Waals surface area (Å²) in [5, 5.41) is 20.8. The molecule has 3 rings (SSSR count). The van der Waals surface area contributed by atoms with E-state index in [9.17, 15) is 38.4 Å². The van der Waals surface area contributed by atoms with Gasteiger partial charge in [-0.05, 0) is 236 Å². The first-order chi connectivity index (χ1) is 46.5. The van der Waals surface area contributed by atoms with Gasteiger partial charge in [-0.15, -0.1) is 0 Å². The number of nitrogens with two attached hydrogens (primary N) is 4. The van der Waals surface area contributed by atoms with Gasteiger partial charge in [0.1, 0.15) is 46.4 Å². The number of nitrogens with one attached hydrogen (secondary N) is 8. The monoisotopic (exact) mass is 1430 g/mol. The summed E-state index contributed by atoms with van der Waals surface area (Å²) in [6.45, 7) is 28.7. The predicted octanol–water partition coefficient (Wildman–Crippen LogP) is 7.31. The first-order valence-corrected chi connectivity index (χ1v) is 34.5. The van der Waals surface area contributed by atoms with Crippen molar-refractivity contribution in [2.24, 2.45) is 26.4 Å². The van der Waals surface area contributed by atoms with Crippen LogP contribution in [0.5, 0.6) is 5.75 Å². The maximum atomic E-state index is 13.9. The standard InChI is InChI=1S/C67H113ClN18O14/c1-63(2,3)96-58(90)78-46(30-20-23-35-77-57(84-61(93)99-66(10,11)12)85-62(94)100-67(13,14)15)53(88)74-37-25-39-86(38-24-36-73-52(87)45(69)29-19-22-34-76-56(82-59(91)97-64(4,5)6)83-60(92)98-65(7,8)9)40-41-95-47-32-31-42(43-27-16-17-28-44(43)47)26-18-21-33-75-55(72)81-54(89)48-50(70)80-51(71)49(68)79-48/h31-32,45-46H,16-30,33-41,69H2,1-15H3,(H,73,87)(H,74,88)(H,78,90)(H4,70,71,80)(H3,72,75,81,89)(H2,76,82,83,91,92)(H2,77,84,85,93,94)/t45-,46-/m1/s1. The molecule has 0 spiro atoms. The fraction of sp³-hybridized carbons (Fsp3) is 0.687. The highest BCUT2D eigenvalue weighted by atomic mass is 35.5. The molecule has 1 heterocycles. The molecule has 8 amide bonds. The van der Waals surface area contributed by atoms with E-state index in [4.69, 9.17) is 63.0 Å². The Hall–Kier alpha value is -8.52. The van der Waals surface area contributed by atoms with Crippen LogP contribution in [-0.2, 0) is 52.5 Å². The molecule has 1 aliphatic rings. The molecule has 1 aromatic carbocycles. The van der Waals surface area contributed by atoms with Crippen molar-refractivity contribution in [2.45, 2.75) is 240 Å². The highest BCUT2D eigenvalue weighted by molar-refractivity contribution is 6.31. The third-order valence-corrected chi connectivity index (χ3v) is 14.1. The van der Waals surface area contributed by atoms with Crippen LogP contribution < -0.4 is 70.2 Å². The minimum Gasteiger partial charge on any atom is -0.492 e. The average molecular weight is 1430 g/mol. The molecule has 562 valence electrons. The van der Waals surface area contributed by atoms with Crippen LogP contribution in [0, 0.1) is 0 Å². The number of nitrogen functional groups attached to an aromatic ring is 2. The number of amides is 8. The second-order valence-corrected chi connectivity index (χ2v) is 29.3. The Morgan fingerprint density at radius 3 is 1.49 bits per heavy atom. The van der Waals surface area contributed by atoms with Crippen LogP contribution in [0.15, 0.2) is 27.1 Å². The van der Waals surface area contributed by atoms with Gasteiger partial charge in [0.2, 0.25) is 23.7 Å². The molecule has 1 aliphatic carbocycles. The van der Waals surface area contributed by atoms with Gasteiger partial charge < -0.3 is 67.3 Å². The van der Waals surface area contributed by atoms with Crippen molar-refractivity contribution in [2.75, 3.05) is 70.4 Å². The summed E-state index contributed by atoms with van der Waals surface area (Å²) in [6.07, 6.45) is 5.45. The number of aryl methyl sites for hydroxylation is 1. The zero-order valence-corrected chi connectivity index (χ0v) is 62.1. The minimum absolute atomic E-state index is 0.101. The van der Waals surface area contributed by atoms with E-state index in [0.717, 1.165) is 44.3 Å². The number of ether oxygens (including phenoxy) is 6. The molecule has 0 saturated heterocycles. The third-order valence-electron chi connectivity index (χ3n) is 13.8. The smallest absolute Gasteiger partial charge is 0.414 e. The number of anilines is 2. The van der Waals surface area contributed by atoms with Gasteiger partial charge in [-0.1, -0.05) is 17.7 Å². The number of aromatic nitrogens is 2. The lowest BCUT2D eigenvalue weighted by Crippen LogP contribution is -2.48. The quantitative estimate of drug-likeness (QED) is 0.0152. The van der Waals surface area contributed by atoms with Crippen molar-refractivity contribution in [1.82, 2.24) is 57.4 Å². The minimum atomic E-state index is -0.989. The highest BCUT2D eigenvalue weighted by Crippen LogP contribution is 2.33. The van der Waals surface area contributed by atoms with Gasteiger partial charge in [0.05, 0.1) is 6.04 Å². The molecule has 2 aromatic rings. The van der Waals surface area contributed by atoms with Crippen molar-refractivity contribution < 1.29 is 66.8 Å². The summed E-state index contributed by atoms with van der Waals surface area (Å²) in [6, 6.07) is 2.34. The number of guanidine groups is 3. The fourth-order valence-corrected chi connectivity index (χ4v) is 9.75. The predicted molar refractivity (Wildman–Crippen MR) is 384 cm³/mol. The van der Waals surface area contributed by atoms with Crippen LogP contribution in [-0.4, -0.2) is 180 Å². The van der Waals surface area contributed by atoms with Gasteiger partial charge in [0.25, 0.3) is 5.91 Å². The number of benzene rings is 1. The molecule has 2 atom stereocenters. The molecule has 1 aromatic heterocycles. The Balaban J connectivity index is 1.71. The molecule has 0 unspecified atom stereocenters. The van der Waals surface area contributed by atoms with Gasteiger partial charge in [-0.2, -0.15) is 0 Å². The molecular formula is C67H113ClN18O14. The van der Waals surface area contributed by atoms with Gasteiger partial charge in [-0.25, -0.2) is 33.9 Å². The third kappa shape index (κ3) is 37.6. The van der Waals surface area contributed by atoms with E-state index in [2.05, 4.69) is 78.4 Å². The second-order valence-electron chi connectivity index (χ2n) is 28.9. The molecule has 100 heavy (non-hydrogen) atoms. The number of hydrogen-bond acceptors (Lipinski definition) is 23. The summed E-state index contributed by atoms with van der Waals surface area (Å²) in [7, 11) is 0. The first-order valence-electron chi connectivity index (χ1n) is 34.1. The summed E-state index contributed by atoms with van der Waals surface area (Å²) < 4.78 is 33.4. The van der Waals surface area contributed by atoms with E-state index in [0.29, 0.717) is 90.7 Å². The molecule has 0 radical (unpaired) electrons. The van der Waals surface area contributed by atoms with Crippen LogP contribution in [0.4, 0.5) is 35.6 Å². The Morgan fingerprint density at radius 2 is 0.990 bits per heavy atom. The zero-order valence-electron chi connectivity index (χ0n) is 61.4. The van der Waals surface area contributed by atoms with Gasteiger partial charge in [-0.3, -0.25) is 60.8 Å². The highest BCUT2D eigenvalue weighted by Gasteiger charge is 2.28. The number of aliphatic imine (C=N–C) groups is 3. The van der Waals surface area contributed by atoms with Crippen LogP contribution in [0.3, 0.4) is 0 Å². The summed E-state index contributed by atoms with van der Waals surface area (Å²) >= 11 is 5.93. The van der Waals surface area contributed by atoms with Gasteiger partial charge in [0.15, 0.2) is 28.4 Å². The number of rotatable bonds is 31. The van der Waals surface area contributed by atoms with Crippen LogP contribution in [0.1, 0.15) is 208 Å². The Bertz CT molecular complexity index is 3070. The summed E-state index contributed by atoms with van der Waals surface area (Å²) in [5.41, 5.74) is 23.2. The SMILES string of the molecule is CC(C)(C)OC(=O)NC(=NCCCC[C@@H](N)C(=O)NCCCN(CCCNC(=O)[C@@H](CCCCN=C(NC(=O)OC(C)(C)C)NC(=O)OC(C)(C)C)NC(=O)OC(C)(C)C)CCOc1ccc(CCCCN=C(N)NC(=O)c2nc(Cl)c(N)nc2N)c2c1CCCC2)NC(=O)OC(C)(C)C. The normalized spacial score (nSPS) is 13.2. The van der Waals surface area contributed by atoms with Crippen LogP contribution in [0.2, 0.25) is 5.15 Å². The topological polar surface area (TPSA) is 458 Å². The molecule has 32 nitrogen and oxygen atoms in total. The van der Waals surface area contributed by atoms with Crippen molar-refractivity contribution in [1.29, 1.82) is 0 Å². The van der Waals surface area contributed by atoms with E-state index in [1.165, 1.54) is 16.7 Å². The number of fused-ring (bicyclic) bond motifs is 1. The van der Waals surface area contributed by atoms with Crippen molar-refractivity contribution >= 4 is 89.3 Å². The second kappa shape index (κ2) is 41.3. The fourth-order valence-electron chi connectivity index (χ4n) is 9.62. The van der Waals surface area contributed by atoms with E-state index in [1.54, 1.807) is 104 Å². The molecule has 0 bridgehead atoms. The lowest BCUT2D eigenvalue weighted by atomic mass is 9.86. The molecule has 0 saturated carbocycles. The molecule has 0 aliphatic heterocycles. The van der Waals surface area contributed by atoms with E-state index < -0.39 is 82.4 Å². The molecular weight excluding hydrogens is 1320 g/mol. The summed E-state index contributed by atoms with van der Waals surface area (Å²) in [5.74, 6) is -1.38. The Morgan fingerprint density at radius 1 is 0.540 bits per heavy atom. The number of unbranched alkanes of at least 4 members (excludes halogenated alkanes) is 3. The number of nitrogens with zero attached hydrogens (tertiary/aromatic N) is 6. The molecule has 0 fully saturated rings. The van der Waals surface area contributed by atoms with E-state index in [1.807, 2.05) is 6.07 Å². The van der Waals surface area contributed by atoms with Gasteiger partial charge in [0, 0.05) is 39.3 Å². The Labute approximate surface area is 593 Å². The van der Waals surface area contributed by atoms with Crippen molar-refractivity contribution in [3.8, 4) is 5.75 Å². The van der Waals surface area contributed by atoms with Crippen LogP contribution in [0.25, 0.3) is 0 Å². The number of hydrogen-bond donors (Lipinski definition) is 12. The van der Waals surface area contributed by atoms with Crippen molar-refractivity contribution in [3.05, 3.63) is 39.7 Å². The van der Waals surface area contributed by atoms with Gasteiger partial charge >= 0.3 is 30.5 Å². The maximum Gasteiger partial charge on any atom is 0.414 e. The summed E-state index contributed by atoms with van der Waals surface area (Å²) in [4.78, 5) is 126. The number of alkyl carbamates (subject to hydrolysis) is 5. The Kier molecular flexibility index (Phi) is 35.4. The van der Waals surface area contributed by atoms with E-state index >= 15 is 0 Å². The molecule has 16 N–H and O–H groups in total. The number of carbonyl (C=O) groups is 8. The lowest BCUT2D eigenvalue weighted by molar-refractivity contribution is -0.123. The average Bonchev–Trinajstić information content (AvgIpc) is 0.807. The zero-order chi connectivity index (χ0) is 75.0. The van der Waals surface area contributed by atoms with E-state index in [-0.39, 0.29) is 72.3 Å². The first kappa shape index (κ1) is 85.7. The van der Waals surface area contributed by atoms with Crippen molar-refractivity contribution in [3.63, 3.8) is 0 Å². The number of carbonyl (C=O) groups excluding carboxylic acids is 8. The molecule has 33 heteroatoms. The lowest BCUT2D eigenvalue weighted by Gasteiger charge is -2.26. The maximum absolute atomic E-state index is 13.9. The van der Waals surface area contributed by atoms with Crippen LogP contribution >= 0.6 is 11.6 Å². The largest absolute Gasteiger partial charge is 0.492 e. The number of halogens is 1.